The van der Waals surface area contributed by atoms with E-state index in [0.717, 1.165) is 4.47 Å². The third-order valence-corrected chi connectivity index (χ3v) is 2.24. The van der Waals surface area contributed by atoms with E-state index in [1.165, 1.54) is 6.20 Å². The van der Waals surface area contributed by atoms with E-state index in [2.05, 4.69) is 21.0 Å². The van der Waals surface area contributed by atoms with Crippen LogP contribution in [0.4, 0.5) is 8.78 Å². The molecule has 2 aromatic rings. The largest absolute Gasteiger partial charge is 0.333 e. The molecule has 0 atom stereocenters. The van der Waals surface area contributed by atoms with Crippen LogP contribution in [0.25, 0.3) is 10.9 Å². The molecule has 0 N–H and O–H groups in total. The number of nitrogens with zero attached hydrogens (tertiary/aromatic N) is 2. The highest BCUT2D eigenvalue weighted by molar-refractivity contribution is 9.10. The minimum atomic E-state index is -2.58. The van der Waals surface area contributed by atoms with Gasteiger partial charge in [-0.2, -0.15) is 13.9 Å². The Morgan fingerprint density at radius 1 is 1.38 bits per heavy atom. The summed E-state index contributed by atoms with van der Waals surface area (Å²) in [5, 5.41) is 4.29. The quantitative estimate of drug-likeness (QED) is 0.756. The van der Waals surface area contributed by atoms with Gasteiger partial charge in [-0.05, 0) is 18.2 Å². The van der Waals surface area contributed by atoms with Gasteiger partial charge in [-0.1, -0.05) is 15.9 Å². The van der Waals surface area contributed by atoms with Gasteiger partial charge in [0, 0.05) is 9.86 Å². The Balaban J connectivity index is 2.69. The SMILES string of the molecule is FC(F)n1ncc2cc(Br)ccc21. The van der Waals surface area contributed by atoms with Gasteiger partial charge in [0.2, 0.25) is 0 Å². The van der Waals surface area contributed by atoms with Crippen molar-refractivity contribution in [2.45, 2.75) is 6.55 Å². The second kappa shape index (κ2) is 3.06. The summed E-state index contributed by atoms with van der Waals surface area (Å²) < 4.78 is 26.2. The summed E-state index contributed by atoms with van der Waals surface area (Å²) in [6.07, 6.45) is 1.42. The summed E-state index contributed by atoms with van der Waals surface area (Å²) in [6.45, 7) is -2.58. The van der Waals surface area contributed by atoms with Crippen LogP contribution in [-0.4, -0.2) is 9.78 Å². The molecule has 0 saturated heterocycles. The van der Waals surface area contributed by atoms with Crippen molar-refractivity contribution in [1.29, 1.82) is 0 Å². The van der Waals surface area contributed by atoms with E-state index in [0.29, 0.717) is 15.6 Å². The van der Waals surface area contributed by atoms with Crippen molar-refractivity contribution >= 4 is 26.8 Å². The smallest absolute Gasteiger partial charge is 0.204 e. The molecule has 5 heteroatoms. The maximum atomic E-state index is 12.3. The second-order valence-electron chi connectivity index (χ2n) is 2.57. The van der Waals surface area contributed by atoms with Gasteiger partial charge in [0.1, 0.15) is 0 Å². The Bertz CT molecular complexity index is 439. The number of benzene rings is 1. The molecule has 0 fully saturated rings. The highest BCUT2D eigenvalue weighted by atomic mass is 79.9. The van der Waals surface area contributed by atoms with Crippen molar-refractivity contribution in [3.63, 3.8) is 0 Å². The fourth-order valence-electron chi connectivity index (χ4n) is 1.18. The Labute approximate surface area is 81.3 Å². The molecule has 0 aliphatic heterocycles. The molecule has 0 saturated carbocycles. The minimum absolute atomic E-state index is 0.443. The topological polar surface area (TPSA) is 17.8 Å². The summed E-state index contributed by atoms with van der Waals surface area (Å²) in [6, 6.07) is 5.07. The summed E-state index contributed by atoms with van der Waals surface area (Å²) in [5.74, 6) is 0. The van der Waals surface area contributed by atoms with Gasteiger partial charge < -0.3 is 0 Å². The molecule has 1 aromatic carbocycles. The molecule has 2 rings (SSSR count). The van der Waals surface area contributed by atoms with Crippen LogP contribution in [0.5, 0.6) is 0 Å². The lowest BCUT2D eigenvalue weighted by Crippen LogP contribution is -1.98. The van der Waals surface area contributed by atoms with Crippen molar-refractivity contribution in [3.8, 4) is 0 Å². The molecule has 0 spiro atoms. The van der Waals surface area contributed by atoms with Crippen LogP contribution < -0.4 is 0 Å². The minimum Gasteiger partial charge on any atom is -0.204 e. The molecule has 2 nitrogen and oxygen atoms in total. The second-order valence-corrected chi connectivity index (χ2v) is 3.49. The molecule has 0 aliphatic carbocycles. The first-order valence-electron chi connectivity index (χ1n) is 3.59. The van der Waals surface area contributed by atoms with Gasteiger partial charge >= 0.3 is 6.55 Å². The Morgan fingerprint density at radius 2 is 2.15 bits per heavy atom. The van der Waals surface area contributed by atoms with Gasteiger partial charge in [-0.15, -0.1) is 0 Å². The number of hydrogen-bond donors (Lipinski definition) is 0. The van der Waals surface area contributed by atoms with E-state index in [9.17, 15) is 8.78 Å². The van der Waals surface area contributed by atoms with E-state index < -0.39 is 6.55 Å². The maximum Gasteiger partial charge on any atom is 0.333 e. The molecule has 1 aromatic heterocycles. The average Bonchev–Trinajstić information content (AvgIpc) is 2.46. The lowest BCUT2D eigenvalue weighted by atomic mass is 10.3. The number of rotatable bonds is 1. The summed E-state index contributed by atoms with van der Waals surface area (Å²) in [7, 11) is 0. The van der Waals surface area contributed by atoms with Crippen molar-refractivity contribution in [3.05, 3.63) is 28.9 Å². The molecule has 0 amide bonds. The molecule has 1 heterocycles. The van der Waals surface area contributed by atoms with Crippen LogP contribution >= 0.6 is 15.9 Å². The molecule has 68 valence electrons. The van der Waals surface area contributed by atoms with E-state index in [1.54, 1.807) is 18.2 Å². The third-order valence-electron chi connectivity index (χ3n) is 1.74. The Hall–Kier alpha value is -0.970. The summed E-state index contributed by atoms with van der Waals surface area (Å²) in [5.41, 5.74) is 0.443. The first kappa shape index (κ1) is 8.62. The van der Waals surface area contributed by atoms with Crippen molar-refractivity contribution in [1.82, 2.24) is 9.78 Å². The van der Waals surface area contributed by atoms with E-state index in [-0.39, 0.29) is 0 Å². The van der Waals surface area contributed by atoms with E-state index >= 15 is 0 Å². The first-order valence-corrected chi connectivity index (χ1v) is 4.39. The zero-order valence-electron chi connectivity index (χ0n) is 6.42. The number of alkyl halides is 2. The highest BCUT2D eigenvalue weighted by Gasteiger charge is 2.10. The van der Waals surface area contributed by atoms with E-state index in [1.807, 2.05) is 0 Å². The fraction of sp³-hybridized carbons (Fsp3) is 0.125. The number of halogens is 3. The molecule has 0 bridgehead atoms. The van der Waals surface area contributed by atoms with Gasteiger partial charge in [0.25, 0.3) is 0 Å². The van der Waals surface area contributed by atoms with Crippen molar-refractivity contribution < 1.29 is 8.78 Å². The molecule has 0 unspecified atom stereocenters. The van der Waals surface area contributed by atoms with Crippen LogP contribution in [-0.2, 0) is 0 Å². The van der Waals surface area contributed by atoms with Gasteiger partial charge in [-0.3, -0.25) is 0 Å². The van der Waals surface area contributed by atoms with Crippen LogP contribution in [0.3, 0.4) is 0 Å². The van der Waals surface area contributed by atoms with Crippen LogP contribution in [0.2, 0.25) is 0 Å². The standard InChI is InChI=1S/C8H5BrF2N2/c9-6-1-2-7-5(3-6)4-12-13(7)8(10)11/h1-4,8H. The zero-order valence-corrected chi connectivity index (χ0v) is 8.00. The number of fused-ring (bicyclic) bond motifs is 1. The van der Waals surface area contributed by atoms with Gasteiger partial charge in [0.15, 0.2) is 0 Å². The highest BCUT2D eigenvalue weighted by Crippen LogP contribution is 2.22. The molecule has 0 radical (unpaired) electrons. The molecule has 0 aliphatic rings. The lowest BCUT2D eigenvalue weighted by Gasteiger charge is -1.99. The van der Waals surface area contributed by atoms with Crippen molar-refractivity contribution in [2.24, 2.45) is 0 Å². The van der Waals surface area contributed by atoms with E-state index in [4.69, 9.17) is 0 Å². The van der Waals surface area contributed by atoms with Gasteiger partial charge in [0.05, 0.1) is 11.7 Å². The normalized spacial score (nSPS) is 11.4. The first-order chi connectivity index (χ1) is 6.18. The zero-order chi connectivity index (χ0) is 9.42. The van der Waals surface area contributed by atoms with Crippen LogP contribution in [0, 0.1) is 0 Å². The maximum absolute atomic E-state index is 12.3. The van der Waals surface area contributed by atoms with Crippen LogP contribution in [0.15, 0.2) is 28.9 Å². The Kier molecular flexibility index (Phi) is 2.03. The average molecular weight is 247 g/mol. The Morgan fingerprint density at radius 3 is 2.85 bits per heavy atom. The summed E-state index contributed by atoms with van der Waals surface area (Å²) >= 11 is 3.25. The van der Waals surface area contributed by atoms with Crippen LogP contribution in [0.1, 0.15) is 6.55 Å². The molecule has 13 heavy (non-hydrogen) atoms. The predicted molar refractivity (Wildman–Crippen MR) is 48.7 cm³/mol. The summed E-state index contributed by atoms with van der Waals surface area (Å²) in [4.78, 5) is 0. The number of hydrogen-bond acceptors (Lipinski definition) is 1. The monoisotopic (exact) mass is 246 g/mol. The fourth-order valence-corrected chi connectivity index (χ4v) is 1.56. The predicted octanol–water partition coefficient (Wildman–Crippen LogP) is 3.19. The molecular weight excluding hydrogens is 242 g/mol. The van der Waals surface area contributed by atoms with Gasteiger partial charge in [-0.25, -0.2) is 4.68 Å². The van der Waals surface area contributed by atoms with Crippen molar-refractivity contribution in [2.75, 3.05) is 0 Å². The third kappa shape index (κ3) is 1.44. The number of aromatic nitrogens is 2. The molecular formula is C8H5BrF2N2. The lowest BCUT2D eigenvalue weighted by molar-refractivity contribution is 0.0615.